The number of nitrogens with zero attached hydrogens (tertiary/aromatic N) is 6. The van der Waals surface area contributed by atoms with Gasteiger partial charge in [-0.15, -0.1) is 5.11 Å². The minimum Gasteiger partial charge on any atom is -0.497 e. The molecule has 0 bridgehead atoms. The molecule has 0 aliphatic carbocycles. The second-order valence-electron chi connectivity index (χ2n) is 6.09. The van der Waals surface area contributed by atoms with Crippen molar-refractivity contribution in [3.05, 3.63) is 72.2 Å². The molecule has 0 amide bonds. The highest BCUT2D eigenvalue weighted by atomic mass is 16.5. The standard InChI is InChI=1S/C20H16N6O3/c1-29-16-4-2-3-15(9-16)26-19-17(11-24-26)18(21-12-22-19)25-23-10-13-5-7-14(8-6-13)20(27)28/h2-9,11-12H,10H2,1H3,(H,27,28). The third-order valence-electron chi connectivity index (χ3n) is 4.26. The summed E-state index contributed by atoms with van der Waals surface area (Å²) in [5, 5.41) is 22.4. The molecule has 29 heavy (non-hydrogen) atoms. The second kappa shape index (κ2) is 7.85. The predicted molar refractivity (Wildman–Crippen MR) is 105 cm³/mol. The zero-order valence-corrected chi connectivity index (χ0v) is 15.4. The summed E-state index contributed by atoms with van der Waals surface area (Å²) in [6.45, 7) is 0.301. The maximum atomic E-state index is 10.9. The number of carboxylic acids is 1. The number of hydrogen-bond donors (Lipinski definition) is 1. The summed E-state index contributed by atoms with van der Waals surface area (Å²) >= 11 is 0. The van der Waals surface area contributed by atoms with Gasteiger partial charge in [-0.1, -0.05) is 18.2 Å². The van der Waals surface area contributed by atoms with Gasteiger partial charge in [-0.3, -0.25) is 0 Å². The minimum atomic E-state index is -0.963. The van der Waals surface area contributed by atoms with Gasteiger partial charge in [0, 0.05) is 6.07 Å². The van der Waals surface area contributed by atoms with E-state index in [0.717, 1.165) is 11.3 Å². The van der Waals surface area contributed by atoms with Crippen molar-refractivity contribution in [2.45, 2.75) is 6.54 Å². The summed E-state index contributed by atoms with van der Waals surface area (Å²) in [4.78, 5) is 19.4. The van der Waals surface area contributed by atoms with Gasteiger partial charge < -0.3 is 9.84 Å². The topological polar surface area (TPSA) is 115 Å². The lowest BCUT2D eigenvalue weighted by molar-refractivity contribution is 0.0697. The second-order valence-corrected chi connectivity index (χ2v) is 6.09. The molecule has 0 saturated carbocycles. The number of fused-ring (bicyclic) bond motifs is 1. The van der Waals surface area contributed by atoms with Gasteiger partial charge in [-0.25, -0.2) is 19.4 Å². The van der Waals surface area contributed by atoms with E-state index in [-0.39, 0.29) is 5.56 Å². The molecule has 2 aromatic carbocycles. The molecule has 9 nitrogen and oxygen atoms in total. The van der Waals surface area contributed by atoms with E-state index in [1.54, 1.807) is 30.1 Å². The highest BCUT2D eigenvalue weighted by molar-refractivity contribution is 5.87. The van der Waals surface area contributed by atoms with E-state index in [2.05, 4.69) is 25.3 Å². The van der Waals surface area contributed by atoms with Crippen LogP contribution in [0, 0.1) is 0 Å². The molecule has 0 aliphatic heterocycles. The summed E-state index contributed by atoms with van der Waals surface area (Å²) in [5.74, 6) is 0.162. The Labute approximate surface area is 165 Å². The number of aromatic nitrogens is 4. The summed E-state index contributed by atoms with van der Waals surface area (Å²) in [6, 6.07) is 14.0. The molecule has 2 aromatic heterocycles. The molecule has 0 fully saturated rings. The molecule has 0 spiro atoms. The van der Waals surface area contributed by atoms with Crippen LogP contribution in [0.5, 0.6) is 5.75 Å². The van der Waals surface area contributed by atoms with Gasteiger partial charge in [-0.05, 0) is 29.8 Å². The van der Waals surface area contributed by atoms with Gasteiger partial charge in [0.15, 0.2) is 11.5 Å². The van der Waals surface area contributed by atoms with E-state index in [1.165, 1.54) is 18.5 Å². The van der Waals surface area contributed by atoms with Crippen molar-refractivity contribution in [1.82, 2.24) is 19.7 Å². The molecule has 0 atom stereocenters. The van der Waals surface area contributed by atoms with Crippen molar-refractivity contribution in [3.63, 3.8) is 0 Å². The number of carboxylic acid groups (broad SMARTS) is 1. The zero-order chi connectivity index (χ0) is 20.2. The van der Waals surface area contributed by atoms with Gasteiger partial charge in [-0.2, -0.15) is 10.2 Å². The molecule has 9 heteroatoms. The fraction of sp³-hybridized carbons (Fsp3) is 0.100. The summed E-state index contributed by atoms with van der Waals surface area (Å²) in [6.07, 6.45) is 3.06. The minimum absolute atomic E-state index is 0.230. The van der Waals surface area contributed by atoms with Gasteiger partial charge in [0.1, 0.15) is 12.1 Å². The number of aromatic carboxylic acids is 1. The summed E-state index contributed by atoms with van der Waals surface area (Å²) < 4.78 is 6.95. The molecular formula is C20H16N6O3. The van der Waals surface area contributed by atoms with E-state index >= 15 is 0 Å². The van der Waals surface area contributed by atoms with Crippen molar-refractivity contribution in [2.75, 3.05) is 7.11 Å². The molecule has 0 unspecified atom stereocenters. The maximum absolute atomic E-state index is 10.9. The molecule has 0 saturated heterocycles. The molecule has 0 radical (unpaired) electrons. The SMILES string of the molecule is COc1cccc(-n2ncc3c(N=NCc4ccc(C(=O)O)cc4)ncnc32)c1. The Kier molecular flexibility index (Phi) is 4.93. The Hall–Kier alpha value is -4.14. The van der Waals surface area contributed by atoms with Gasteiger partial charge in [0.2, 0.25) is 0 Å². The molecule has 0 aliphatic rings. The number of hydrogen-bond acceptors (Lipinski definition) is 7. The Balaban J connectivity index is 1.59. The van der Waals surface area contributed by atoms with Gasteiger partial charge in [0.05, 0.1) is 36.5 Å². The average Bonchev–Trinajstić information content (AvgIpc) is 3.19. The number of carbonyl (C=O) groups is 1. The summed E-state index contributed by atoms with van der Waals surface area (Å²) in [7, 11) is 1.61. The van der Waals surface area contributed by atoms with Crippen molar-refractivity contribution in [3.8, 4) is 11.4 Å². The van der Waals surface area contributed by atoms with Crippen LogP contribution in [0.1, 0.15) is 15.9 Å². The first kappa shape index (κ1) is 18.2. The van der Waals surface area contributed by atoms with Crippen molar-refractivity contribution < 1.29 is 14.6 Å². The van der Waals surface area contributed by atoms with Crippen LogP contribution < -0.4 is 4.74 Å². The van der Waals surface area contributed by atoms with Crippen LogP contribution in [0.15, 0.2) is 71.3 Å². The van der Waals surface area contributed by atoms with E-state index < -0.39 is 5.97 Å². The van der Waals surface area contributed by atoms with Crippen molar-refractivity contribution in [1.29, 1.82) is 0 Å². The van der Waals surface area contributed by atoms with E-state index in [4.69, 9.17) is 9.84 Å². The number of ether oxygens (including phenoxy) is 1. The first-order chi connectivity index (χ1) is 14.2. The van der Waals surface area contributed by atoms with E-state index in [1.807, 2.05) is 24.3 Å². The molecular weight excluding hydrogens is 372 g/mol. The summed E-state index contributed by atoms with van der Waals surface area (Å²) in [5.41, 5.74) is 2.48. The molecule has 1 N–H and O–H groups in total. The smallest absolute Gasteiger partial charge is 0.335 e. The molecule has 144 valence electrons. The van der Waals surface area contributed by atoms with Crippen molar-refractivity contribution >= 4 is 22.8 Å². The molecule has 4 aromatic rings. The highest BCUT2D eigenvalue weighted by Crippen LogP contribution is 2.25. The van der Waals surface area contributed by atoms with Crippen LogP contribution in [0.4, 0.5) is 5.82 Å². The van der Waals surface area contributed by atoms with Crippen LogP contribution in [0.25, 0.3) is 16.7 Å². The molecule has 4 rings (SSSR count). The number of azo groups is 1. The quantitative estimate of drug-likeness (QED) is 0.502. The number of rotatable bonds is 6. The van der Waals surface area contributed by atoms with Crippen LogP contribution >= 0.6 is 0 Å². The van der Waals surface area contributed by atoms with Crippen LogP contribution in [-0.2, 0) is 6.54 Å². The van der Waals surface area contributed by atoms with Gasteiger partial charge >= 0.3 is 5.97 Å². The van der Waals surface area contributed by atoms with Crippen molar-refractivity contribution in [2.24, 2.45) is 10.2 Å². The fourth-order valence-electron chi connectivity index (χ4n) is 2.78. The Morgan fingerprint density at radius 1 is 1.17 bits per heavy atom. The lowest BCUT2D eigenvalue weighted by Crippen LogP contribution is -1.98. The highest BCUT2D eigenvalue weighted by Gasteiger charge is 2.11. The Morgan fingerprint density at radius 3 is 2.76 bits per heavy atom. The normalized spacial score (nSPS) is 11.2. The predicted octanol–water partition coefficient (Wildman–Crippen LogP) is 3.81. The van der Waals surface area contributed by atoms with E-state index in [0.29, 0.717) is 29.1 Å². The lowest BCUT2D eigenvalue weighted by Gasteiger charge is -2.05. The Bertz CT molecular complexity index is 1200. The number of methoxy groups -OCH3 is 1. The van der Waals surface area contributed by atoms with Crippen LogP contribution in [-0.4, -0.2) is 37.9 Å². The van der Waals surface area contributed by atoms with Crippen LogP contribution in [0.2, 0.25) is 0 Å². The zero-order valence-electron chi connectivity index (χ0n) is 15.4. The Morgan fingerprint density at radius 2 is 2.00 bits per heavy atom. The third-order valence-corrected chi connectivity index (χ3v) is 4.26. The first-order valence-corrected chi connectivity index (χ1v) is 8.68. The maximum Gasteiger partial charge on any atom is 0.335 e. The average molecular weight is 388 g/mol. The van der Waals surface area contributed by atoms with Gasteiger partial charge in [0.25, 0.3) is 0 Å². The molecule has 2 heterocycles. The van der Waals surface area contributed by atoms with E-state index in [9.17, 15) is 4.79 Å². The largest absolute Gasteiger partial charge is 0.497 e. The fourth-order valence-corrected chi connectivity index (χ4v) is 2.78. The third kappa shape index (κ3) is 3.79. The number of benzene rings is 2. The monoisotopic (exact) mass is 388 g/mol. The lowest BCUT2D eigenvalue weighted by atomic mass is 10.1. The first-order valence-electron chi connectivity index (χ1n) is 8.68. The van der Waals surface area contributed by atoms with Crippen LogP contribution in [0.3, 0.4) is 0 Å².